The molecule has 0 atom stereocenters. The third-order valence-corrected chi connectivity index (χ3v) is 2.90. The molecule has 2 rings (SSSR count). The quantitative estimate of drug-likeness (QED) is 0.706. The molecule has 0 aliphatic heterocycles. The predicted octanol–water partition coefficient (Wildman–Crippen LogP) is 2.15. The first-order valence-electron chi connectivity index (χ1n) is 4.92. The van der Waals surface area contributed by atoms with Crippen LogP contribution in [0.2, 0.25) is 0 Å². The molecule has 0 saturated carbocycles. The van der Waals surface area contributed by atoms with Gasteiger partial charge in [0.2, 0.25) is 0 Å². The second kappa shape index (κ2) is 5.49. The molecule has 0 aromatic heterocycles. The summed E-state index contributed by atoms with van der Waals surface area (Å²) in [6.45, 7) is 0.689. The average Bonchev–Trinajstić information content (AvgIpc) is 2.32. The highest BCUT2D eigenvalue weighted by atomic mass is 28.2. The molecule has 0 amide bonds. The molecule has 0 fully saturated rings. The topological polar surface area (TPSA) is 9.23 Å². The highest BCUT2D eigenvalue weighted by Crippen LogP contribution is 1.99. The Balaban J connectivity index is 1.81. The van der Waals surface area contributed by atoms with Crippen LogP contribution in [-0.4, -0.2) is 9.76 Å². The van der Waals surface area contributed by atoms with E-state index >= 15 is 0 Å². The van der Waals surface area contributed by atoms with Crippen LogP contribution in [0.15, 0.2) is 60.7 Å². The molecule has 0 bridgehead atoms. The molecule has 1 nitrogen and oxygen atoms in total. The summed E-state index contributed by atoms with van der Waals surface area (Å²) < 4.78 is 5.63. The lowest BCUT2D eigenvalue weighted by Crippen LogP contribution is -2.16. The number of benzene rings is 2. The van der Waals surface area contributed by atoms with Crippen molar-refractivity contribution >= 4 is 14.9 Å². The van der Waals surface area contributed by atoms with Crippen molar-refractivity contribution in [2.45, 2.75) is 6.61 Å². The first-order valence-corrected chi connectivity index (χ1v) is 5.83. The summed E-state index contributed by atoms with van der Waals surface area (Å²) in [6.07, 6.45) is 0. The van der Waals surface area contributed by atoms with Crippen molar-refractivity contribution in [3.63, 3.8) is 0 Å². The fourth-order valence-electron chi connectivity index (χ4n) is 1.28. The van der Waals surface area contributed by atoms with Gasteiger partial charge in [0.05, 0.1) is 6.61 Å². The van der Waals surface area contributed by atoms with E-state index in [9.17, 15) is 0 Å². The lowest BCUT2D eigenvalue weighted by Gasteiger charge is -2.02. The van der Waals surface area contributed by atoms with E-state index < -0.39 is 0 Å². The fraction of sp³-hybridized carbons (Fsp3) is 0.0769. The second-order valence-corrected chi connectivity index (χ2v) is 4.31. The summed E-state index contributed by atoms with van der Waals surface area (Å²) in [6, 6.07) is 20.5. The van der Waals surface area contributed by atoms with E-state index in [0.29, 0.717) is 16.4 Å². The summed E-state index contributed by atoms with van der Waals surface area (Å²) >= 11 is 0. The van der Waals surface area contributed by atoms with Crippen molar-refractivity contribution in [3.8, 4) is 0 Å². The Hall–Kier alpha value is -1.38. The van der Waals surface area contributed by atoms with Gasteiger partial charge in [-0.15, -0.1) is 0 Å². The molecule has 2 heteroatoms. The average molecular weight is 212 g/mol. The van der Waals surface area contributed by atoms with E-state index in [1.54, 1.807) is 0 Å². The van der Waals surface area contributed by atoms with Gasteiger partial charge in [0.25, 0.3) is 9.76 Å². The Morgan fingerprint density at radius 1 is 0.800 bits per heavy atom. The van der Waals surface area contributed by atoms with Gasteiger partial charge in [0, 0.05) is 0 Å². The molecule has 0 aliphatic carbocycles. The Kier molecular flexibility index (Phi) is 3.71. The zero-order valence-corrected chi connectivity index (χ0v) is 9.39. The Morgan fingerprint density at radius 2 is 1.40 bits per heavy atom. The fourth-order valence-corrected chi connectivity index (χ4v) is 2.02. The largest absolute Gasteiger partial charge is 0.407 e. The minimum Gasteiger partial charge on any atom is -0.407 e. The van der Waals surface area contributed by atoms with E-state index in [1.807, 2.05) is 36.4 Å². The van der Waals surface area contributed by atoms with Gasteiger partial charge in [0.1, 0.15) is 0 Å². The Bertz CT molecular complexity index is 346. The van der Waals surface area contributed by atoms with E-state index in [1.165, 1.54) is 10.8 Å². The molecule has 2 radical (unpaired) electrons. The van der Waals surface area contributed by atoms with Gasteiger partial charge >= 0.3 is 0 Å². The van der Waals surface area contributed by atoms with Crippen LogP contribution >= 0.6 is 0 Å². The summed E-state index contributed by atoms with van der Waals surface area (Å²) in [7, 11) is 0.430. The summed E-state index contributed by atoms with van der Waals surface area (Å²) in [5.41, 5.74) is 1.22. The summed E-state index contributed by atoms with van der Waals surface area (Å²) in [5, 5.41) is 1.24. The zero-order valence-electron chi connectivity index (χ0n) is 8.39. The van der Waals surface area contributed by atoms with Gasteiger partial charge in [-0.1, -0.05) is 60.7 Å². The van der Waals surface area contributed by atoms with Crippen LogP contribution < -0.4 is 5.19 Å². The van der Waals surface area contributed by atoms with Gasteiger partial charge in [-0.05, 0) is 10.8 Å². The number of rotatable bonds is 4. The minimum atomic E-state index is 0.430. The molecular formula is C13H12OSi. The molecule has 0 spiro atoms. The first-order chi connectivity index (χ1) is 7.45. The van der Waals surface area contributed by atoms with Crippen LogP contribution in [0, 0.1) is 0 Å². The SMILES string of the molecule is c1ccc(CO[Si]c2ccccc2)cc1. The first kappa shape index (κ1) is 10.1. The maximum Gasteiger partial charge on any atom is 0.269 e. The lowest BCUT2D eigenvalue weighted by molar-refractivity contribution is 0.330. The van der Waals surface area contributed by atoms with Crippen LogP contribution in [-0.2, 0) is 11.0 Å². The van der Waals surface area contributed by atoms with E-state index in [-0.39, 0.29) is 0 Å². The van der Waals surface area contributed by atoms with Gasteiger partial charge in [-0.25, -0.2) is 0 Å². The van der Waals surface area contributed by atoms with Crippen molar-refractivity contribution in [2.24, 2.45) is 0 Å². The standard InChI is InChI=1S/C13H12OSi/c1-3-7-12(8-4-1)11-14-15-13-9-5-2-6-10-13/h1-10H,11H2. The smallest absolute Gasteiger partial charge is 0.269 e. The van der Waals surface area contributed by atoms with Crippen molar-refractivity contribution in [3.05, 3.63) is 66.2 Å². The highest BCUT2D eigenvalue weighted by Gasteiger charge is 1.95. The van der Waals surface area contributed by atoms with Crippen molar-refractivity contribution in [2.75, 3.05) is 0 Å². The normalized spacial score (nSPS) is 10.1. The van der Waals surface area contributed by atoms with Gasteiger partial charge in [-0.2, -0.15) is 0 Å². The van der Waals surface area contributed by atoms with E-state index in [4.69, 9.17) is 4.43 Å². The highest BCUT2D eigenvalue weighted by molar-refractivity contribution is 6.46. The second-order valence-electron chi connectivity index (χ2n) is 3.24. The van der Waals surface area contributed by atoms with E-state index in [2.05, 4.69) is 24.3 Å². The molecule has 0 N–H and O–H groups in total. The Labute approximate surface area is 92.7 Å². The summed E-state index contributed by atoms with van der Waals surface area (Å²) in [5.74, 6) is 0. The molecule has 2 aromatic carbocycles. The van der Waals surface area contributed by atoms with Crippen molar-refractivity contribution < 1.29 is 4.43 Å². The van der Waals surface area contributed by atoms with Crippen molar-refractivity contribution in [1.82, 2.24) is 0 Å². The molecule has 0 heterocycles. The maximum atomic E-state index is 5.63. The van der Waals surface area contributed by atoms with Crippen LogP contribution in [0.3, 0.4) is 0 Å². The molecule has 0 saturated heterocycles. The Morgan fingerprint density at radius 3 is 2.07 bits per heavy atom. The van der Waals surface area contributed by atoms with E-state index in [0.717, 1.165) is 0 Å². The van der Waals surface area contributed by atoms with Crippen LogP contribution in [0.4, 0.5) is 0 Å². The zero-order chi connectivity index (χ0) is 10.3. The molecule has 74 valence electrons. The van der Waals surface area contributed by atoms with Crippen LogP contribution in [0.5, 0.6) is 0 Å². The number of hydrogen-bond donors (Lipinski definition) is 0. The van der Waals surface area contributed by atoms with Crippen LogP contribution in [0.25, 0.3) is 0 Å². The maximum absolute atomic E-state index is 5.63. The third-order valence-electron chi connectivity index (χ3n) is 2.05. The minimum absolute atomic E-state index is 0.430. The van der Waals surface area contributed by atoms with Gasteiger partial charge in [-0.3, -0.25) is 0 Å². The van der Waals surface area contributed by atoms with Crippen molar-refractivity contribution in [1.29, 1.82) is 0 Å². The van der Waals surface area contributed by atoms with Gasteiger partial charge in [0.15, 0.2) is 0 Å². The molecule has 0 aliphatic rings. The molecule has 2 aromatic rings. The van der Waals surface area contributed by atoms with Gasteiger partial charge < -0.3 is 4.43 Å². The monoisotopic (exact) mass is 212 g/mol. The number of hydrogen-bond acceptors (Lipinski definition) is 1. The molecule has 0 unspecified atom stereocenters. The third kappa shape index (κ3) is 3.35. The molecule has 15 heavy (non-hydrogen) atoms. The predicted molar refractivity (Wildman–Crippen MR) is 63.1 cm³/mol. The summed E-state index contributed by atoms with van der Waals surface area (Å²) in [4.78, 5) is 0. The molecular weight excluding hydrogens is 200 g/mol. The van der Waals surface area contributed by atoms with Crippen LogP contribution in [0.1, 0.15) is 5.56 Å². The lowest BCUT2D eigenvalue weighted by atomic mass is 10.2.